The summed E-state index contributed by atoms with van der Waals surface area (Å²) in [5.74, 6) is 0.339. The fourth-order valence-electron chi connectivity index (χ4n) is 2.70. The molecule has 0 spiro atoms. The number of benzene rings is 3. The van der Waals surface area contributed by atoms with Crippen LogP contribution in [0.25, 0.3) is 6.08 Å². The van der Waals surface area contributed by atoms with Gasteiger partial charge >= 0.3 is 0 Å². The van der Waals surface area contributed by atoms with Crippen molar-refractivity contribution < 1.29 is 9.53 Å². The molecule has 144 valence electrons. The molecule has 0 aromatic heterocycles. The molecule has 0 aliphatic rings. The van der Waals surface area contributed by atoms with Gasteiger partial charge < -0.3 is 10.1 Å². The third-order valence-corrected chi connectivity index (χ3v) is 4.38. The van der Waals surface area contributed by atoms with Crippen molar-refractivity contribution in [3.63, 3.8) is 0 Å². The van der Waals surface area contributed by atoms with Crippen molar-refractivity contribution in [3.8, 4) is 11.8 Å². The molecule has 0 unspecified atom stereocenters. The standard InChI is InChI=1S/C25H22N2O2/c1-19-7-9-22(10-8-19)18-29-24-13-11-20(12-14-24)15-23(16-26)25(28)27-17-21-5-3-2-4-6-21/h2-15H,17-18H2,1H3,(H,27,28)/b23-15+. The van der Waals surface area contributed by atoms with Crippen LogP contribution in [0.4, 0.5) is 0 Å². The molecule has 0 fully saturated rings. The summed E-state index contributed by atoms with van der Waals surface area (Å²) >= 11 is 0. The van der Waals surface area contributed by atoms with Gasteiger partial charge in [-0.3, -0.25) is 4.79 Å². The quantitative estimate of drug-likeness (QED) is 0.472. The van der Waals surface area contributed by atoms with E-state index in [1.165, 1.54) is 5.56 Å². The summed E-state index contributed by atoms with van der Waals surface area (Å²) in [4.78, 5) is 12.3. The molecule has 0 radical (unpaired) electrons. The first-order chi connectivity index (χ1) is 14.1. The maximum atomic E-state index is 12.3. The van der Waals surface area contributed by atoms with Gasteiger partial charge in [-0.15, -0.1) is 0 Å². The van der Waals surface area contributed by atoms with E-state index in [9.17, 15) is 10.1 Å². The molecule has 3 aromatic carbocycles. The van der Waals surface area contributed by atoms with Gasteiger partial charge in [0.15, 0.2) is 0 Å². The van der Waals surface area contributed by atoms with E-state index < -0.39 is 5.91 Å². The highest BCUT2D eigenvalue weighted by molar-refractivity contribution is 6.01. The Hall–Kier alpha value is -3.84. The van der Waals surface area contributed by atoms with Crippen molar-refractivity contribution in [2.24, 2.45) is 0 Å². The van der Waals surface area contributed by atoms with Crippen molar-refractivity contribution >= 4 is 12.0 Å². The van der Waals surface area contributed by atoms with Crippen molar-refractivity contribution in [2.45, 2.75) is 20.1 Å². The monoisotopic (exact) mass is 382 g/mol. The van der Waals surface area contributed by atoms with Gasteiger partial charge in [-0.05, 0) is 41.8 Å². The van der Waals surface area contributed by atoms with Crippen LogP contribution in [-0.2, 0) is 17.9 Å². The number of carbonyl (C=O) groups excluding carboxylic acids is 1. The average molecular weight is 382 g/mol. The fraction of sp³-hybridized carbons (Fsp3) is 0.120. The lowest BCUT2D eigenvalue weighted by molar-refractivity contribution is -0.117. The van der Waals surface area contributed by atoms with Crippen LogP contribution >= 0.6 is 0 Å². The van der Waals surface area contributed by atoms with Crippen LogP contribution in [0, 0.1) is 18.3 Å². The number of hydrogen-bond donors (Lipinski definition) is 1. The number of rotatable bonds is 7. The van der Waals surface area contributed by atoms with Gasteiger partial charge in [0.05, 0.1) is 0 Å². The third kappa shape index (κ3) is 6.08. The minimum absolute atomic E-state index is 0.0641. The van der Waals surface area contributed by atoms with E-state index in [0.29, 0.717) is 13.2 Å². The maximum absolute atomic E-state index is 12.3. The van der Waals surface area contributed by atoms with Crippen LogP contribution in [0.5, 0.6) is 5.75 Å². The second-order valence-electron chi connectivity index (χ2n) is 6.68. The Morgan fingerprint density at radius 2 is 1.66 bits per heavy atom. The molecule has 0 aliphatic heterocycles. The van der Waals surface area contributed by atoms with E-state index in [4.69, 9.17) is 4.74 Å². The zero-order valence-corrected chi connectivity index (χ0v) is 16.3. The van der Waals surface area contributed by atoms with Crippen molar-refractivity contribution in [1.82, 2.24) is 5.32 Å². The molecule has 3 aromatic rings. The van der Waals surface area contributed by atoms with E-state index >= 15 is 0 Å². The average Bonchev–Trinajstić information content (AvgIpc) is 2.77. The maximum Gasteiger partial charge on any atom is 0.262 e. The van der Waals surface area contributed by atoms with E-state index in [-0.39, 0.29) is 5.57 Å². The highest BCUT2D eigenvalue weighted by Crippen LogP contribution is 2.16. The van der Waals surface area contributed by atoms with Crippen LogP contribution < -0.4 is 10.1 Å². The van der Waals surface area contributed by atoms with Crippen LogP contribution in [-0.4, -0.2) is 5.91 Å². The molecule has 0 atom stereocenters. The Balaban J connectivity index is 1.58. The van der Waals surface area contributed by atoms with Crippen LogP contribution in [0.2, 0.25) is 0 Å². The fourth-order valence-corrected chi connectivity index (χ4v) is 2.70. The molecule has 29 heavy (non-hydrogen) atoms. The van der Waals surface area contributed by atoms with Crippen LogP contribution in [0.3, 0.4) is 0 Å². The normalized spacial score (nSPS) is 10.8. The Bertz CT molecular complexity index is 1020. The molecule has 1 N–H and O–H groups in total. The first kappa shape index (κ1) is 19.9. The van der Waals surface area contributed by atoms with Crippen LogP contribution in [0.1, 0.15) is 22.3 Å². The lowest BCUT2D eigenvalue weighted by Crippen LogP contribution is -2.23. The number of carbonyl (C=O) groups is 1. The number of ether oxygens (including phenoxy) is 1. The summed E-state index contributed by atoms with van der Waals surface area (Å²) in [5.41, 5.74) is 4.12. The number of amides is 1. The molecule has 0 aliphatic carbocycles. The van der Waals surface area contributed by atoms with Gasteiger partial charge in [-0.2, -0.15) is 5.26 Å². The third-order valence-electron chi connectivity index (χ3n) is 4.38. The molecule has 4 heteroatoms. The molecular formula is C25H22N2O2. The molecule has 1 amide bonds. The highest BCUT2D eigenvalue weighted by atomic mass is 16.5. The molecule has 0 heterocycles. The van der Waals surface area contributed by atoms with Gasteiger partial charge in [-0.1, -0.05) is 72.3 Å². The molecule has 3 rings (SSSR count). The van der Waals surface area contributed by atoms with Crippen molar-refractivity contribution in [2.75, 3.05) is 0 Å². The number of hydrogen-bond acceptors (Lipinski definition) is 3. The predicted octanol–water partition coefficient (Wildman–Crippen LogP) is 4.80. The Morgan fingerprint density at radius 3 is 2.31 bits per heavy atom. The van der Waals surface area contributed by atoms with Gasteiger partial charge in [0.1, 0.15) is 24.0 Å². The zero-order valence-electron chi connectivity index (χ0n) is 16.3. The van der Waals surface area contributed by atoms with E-state index in [1.54, 1.807) is 6.08 Å². The summed E-state index contributed by atoms with van der Waals surface area (Å²) in [6.07, 6.45) is 1.57. The lowest BCUT2D eigenvalue weighted by atomic mass is 10.1. The largest absolute Gasteiger partial charge is 0.489 e. The van der Waals surface area contributed by atoms with Crippen LogP contribution in [0.15, 0.2) is 84.4 Å². The number of nitrogens with one attached hydrogen (secondary N) is 1. The lowest BCUT2D eigenvalue weighted by Gasteiger charge is -2.07. The Morgan fingerprint density at radius 1 is 0.966 bits per heavy atom. The summed E-state index contributed by atoms with van der Waals surface area (Å²) in [6, 6.07) is 27.0. The predicted molar refractivity (Wildman–Crippen MR) is 114 cm³/mol. The number of nitrogens with zero attached hydrogens (tertiary/aromatic N) is 1. The number of nitriles is 1. The Kier molecular flexibility index (Phi) is 6.80. The van der Waals surface area contributed by atoms with Gasteiger partial charge in [0.2, 0.25) is 0 Å². The minimum atomic E-state index is -0.393. The van der Waals surface area contributed by atoms with Gasteiger partial charge in [0.25, 0.3) is 5.91 Å². The molecule has 4 nitrogen and oxygen atoms in total. The topological polar surface area (TPSA) is 62.1 Å². The molecule has 0 saturated carbocycles. The highest BCUT2D eigenvalue weighted by Gasteiger charge is 2.08. The zero-order chi connectivity index (χ0) is 20.5. The van der Waals surface area contributed by atoms with E-state index in [1.807, 2.05) is 79.7 Å². The minimum Gasteiger partial charge on any atom is -0.489 e. The second kappa shape index (κ2) is 9.91. The second-order valence-corrected chi connectivity index (χ2v) is 6.68. The summed E-state index contributed by atoms with van der Waals surface area (Å²) in [7, 11) is 0. The molecule has 0 bridgehead atoms. The first-order valence-corrected chi connectivity index (χ1v) is 9.36. The molecule has 0 saturated heterocycles. The van der Waals surface area contributed by atoms with Gasteiger partial charge in [-0.25, -0.2) is 0 Å². The Labute approximate surface area is 171 Å². The summed E-state index contributed by atoms with van der Waals surface area (Å²) < 4.78 is 5.79. The van der Waals surface area contributed by atoms with E-state index in [0.717, 1.165) is 22.4 Å². The first-order valence-electron chi connectivity index (χ1n) is 9.36. The SMILES string of the molecule is Cc1ccc(COc2ccc(/C=C(\C#N)C(=O)NCc3ccccc3)cc2)cc1. The van der Waals surface area contributed by atoms with E-state index in [2.05, 4.69) is 17.4 Å². The summed E-state index contributed by atoms with van der Waals surface area (Å²) in [6.45, 7) is 2.92. The summed E-state index contributed by atoms with van der Waals surface area (Å²) in [5, 5.41) is 12.1. The molecular weight excluding hydrogens is 360 g/mol. The van der Waals surface area contributed by atoms with Crippen molar-refractivity contribution in [3.05, 3.63) is 107 Å². The number of aryl methyl sites for hydroxylation is 1. The smallest absolute Gasteiger partial charge is 0.262 e. The van der Waals surface area contributed by atoms with Gasteiger partial charge in [0, 0.05) is 6.54 Å². The van der Waals surface area contributed by atoms with Crippen molar-refractivity contribution in [1.29, 1.82) is 5.26 Å².